The van der Waals surface area contributed by atoms with Crippen molar-refractivity contribution in [2.45, 2.75) is 51.9 Å². The zero-order chi connectivity index (χ0) is 23.9. The van der Waals surface area contributed by atoms with Crippen LogP contribution in [0.2, 0.25) is 0 Å². The molecule has 2 amide bonds. The van der Waals surface area contributed by atoms with Gasteiger partial charge in [-0.25, -0.2) is 9.37 Å². The Hall–Kier alpha value is -3.18. The third kappa shape index (κ3) is 2.70. The maximum atomic E-state index is 16.1. The first-order chi connectivity index (χ1) is 16.2. The molecule has 0 saturated carbocycles. The number of carbonyl (C=O) groups is 3. The highest BCUT2D eigenvalue weighted by Crippen LogP contribution is 2.50. The number of benzene rings is 1. The van der Waals surface area contributed by atoms with E-state index < -0.39 is 47.4 Å². The van der Waals surface area contributed by atoms with Crippen molar-refractivity contribution in [1.82, 2.24) is 15.5 Å². The van der Waals surface area contributed by atoms with Gasteiger partial charge in [-0.1, -0.05) is 5.16 Å². The molecule has 2 fully saturated rings. The van der Waals surface area contributed by atoms with Crippen LogP contribution in [0.15, 0.2) is 16.1 Å². The van der Waals surface area contributed by atoms with Crippen molar-refractivity contribution in [3.63, 3.8) is 0 Å². The van der Waals surface area contributed by atoms with Crippen molar-refractivity contribution in [1.29, 1.82) is 0 Å². The summed E-state index contributed by atoms with van der Waals surface area (Å²) < 4.78 is 27.5. The van der Waals surface area contributed by atoms with E-state index in [9.17, 15) is 14.4 Å². The van der Waals surface area contributed by atoms with Crippen molar-refractivity contribution in [3.8, 4) is 10.6 Å². The predicted octanol–water partition coefficient (Wildman–Crippen LogP) is 2.54. The van der Waals surface area contributed by atoms with Gasteiger partial charge in [0.15, 0.2) is 11.6 Å². The molecule has 0 radical (unpaired) electrons. The second-order valence-electron chi connectivity index (χ2n) is 9.25. The van der Waals surface area contributed by atoms with Crippen LogP contribution in [0.25, 0.3) is 21.5 Å². The molecule has 0 aliphatic carbocycles. The smallest absolute Gasteiger partial charge is 0.242 e. The second kappa shape index (κ2) is 7.16. The molecule has 3 aliphatic heterocycles. The lowest BCUT2D eigenvalue weighted by Crippen LogP contribution is -2.72. The van der Waals surface area contributed by atoms with Crippen molar-refractivity contribution in [2.75, 3.05) is 11.4 Å². The number of thiazole rings is 1. The molecule has 6 rings (SSSR count). The minimum absolute atomic E-state index is 0.0117. The van der Waals surface area contributed by atoms with E-state index >= 15 is 4.39 Å². The lowest BCUT2D eigenvalue weighted by Gasteiger charge is -2.55. The fourth-order valence-electron chi connectivity index (χ4n) is 5.84. The van der Waals surface area contributed by atoms with Crippen LogP contribution in [0.1, 0.15) is 31.5 Å². The predicted molar refractivity (Wildman–Crippen MR) is 120 cm³/mol. The van der Waals surface area contributed by atoms with Gasteiger partial charge in [-0.2, -0.15) is 0 Å². The summed E-state index contributed by atoms with van der Waals surface area (Å²) in [6, 6.07) is 0.980. The number of hydrogen-bond donors (Lipinski definition) is 1. The molecule has 3 aromatic rings. The highest BCUT2D eigenvalue weighted by molar-refractivity contribution is 7.13. The Kier molecular flexibility index (Phi) is 4.50. The summed E-state index contributed by atoms with van der Waals surface area (Å²) in [7, 11) is 0. The number of Topliss-reactive ketones (excluding diaryl/α,β-unsaturated/α-hetero) is 1. The monoisotopic (exact) mass is 484 g/mol. The molecule has 11 heteroatoms. The van der Waals surface area contributed by atoms with Gasteiger partial charge in [0.25, 0.3) is 0 Å². The molecule has 2 aromatic heterocycles. The van der Waals surface area contributed by atoms with Crippen molar-refractivity contribution in [2.24, 2.45) is 5.41 Å². The minimum atomic E-state index is -1.57. The number of fused-ring (bicyclic) bond motifs is 5. The molecule has 1 aromatic carbocycles. The SMILES string of the molecule is Cc1ncsc1-c1noc2c(F)c3c(cc12)CC1(C(=O)CC(=O)NC1=O)[C@@H]1[C@@H](C)O[C@@H](C)CN31. The molecule has 2 saturated heterocycles. The topological polar surface area (TPSA) is 115 Å². The fraction of sp³-hybridized carbons (Fsp3) is 0.435. The van der Waals surface area contributed by atoms with Gasteiger partial charge in [0.1, 0.15) is 11.1 Å². The van der Waals surface area contributed by atoms with E-state index in [1.54, 1.807) is 23.4 Å². The quantitative estimate of drug-likeness (QED) is 0.414. The number of aryl methyl sites for hydroxylation is 1. The Morgan fingerprint density at radius 1 is 1.29 bits per heavy atom. The van der Waals surface area contributed by atoms with Gasteiger partial charge in [-0.15, -0.1) is 11.3 Å². The van der Waals surface area contributed by atoms with Gasteiger partial charge in [0, 0.05) is 6.54 Å². The lowest BCUT2D eigenvalue weighted by atomic mass is 9.63. The average Bonchev–Trinajstić information content (AvgIpc) is 3.37. The zero-order valence-corrected chi connectivity index (χ0v) is 19.5. The molecule has 4 atom stereocenters. The summed E-state index contributed by atoms with van der Waals surface area (Å²) >= 11 is 1.37. The second-order valence-corrected chi connectivity index (χ2v) is 10.1. The number of carbonyl (C=O) groups excluding carboxylic acids is 3. The standard InChI is InChI=1S/C23H21FN4O5S/c1-9-7-28-18-12(4-13-17(20-10(2)25-8-34-20)27-33-19(13)16(18)24)6-23(21(28)11(3)32-9)14(29)5-15(30)26-22(23)31/h4,8-9,11,21H,5-7H2,1-3H3,(H,26,30,31)/t9-,11+,21-,23?/m0/s1. The maximum Gasteiger partial charge on any atom is 0.242 e. The molecule has 1 spiro atoms. The number of hydrogen-bond acceptors (Lipinski definition) is 9. The van der Waals surface area contributed by atoms with Crippen molar-refractivity contribution >= 4 is 45.6 Å². The molecule has 176 valence electrons. The van der Waals surface area contributed by atoms with Crippen LogP contribution in [-0.2, 0) is 25.5 Å². The van der Waals surface area contributed by atoms with E-state index in [0.717, 1.165) is 10.6 Å². The van der Waals surface area contributed by atoms with E-state index in [1.165, 1.54) is 11.3 Å². The zero-order valence-electron chi connectivity index (χ0n) is 18.7. The summed E-state index contributed by atoms with van der Waals surface area (Å²) in [5.41, 5.74) is 2.10. The minimum Gasteiger partial charge on any atom is -0.372 e. The summed E-state index contributed by atoms with van der Waals surface area (Å²) in [6.07, 6.45) is -1.28. The Morgan fingerprint density at radius 3 is 2.79 bits per heavy atom. The van der Waals surface area contributed by atoms with Crippen LogP contribution in [0.4, 0.5) is 10.1 Å². The summed E-state index contributed by atoms with van der Waals surface area (Å²) in [5.74, 6) is -2.35. The molecule has 34 heavy (non-hydrogen) atoms. The van der Waals surface area contributed by atoms with Gasteiger partial charge >= 0.3 is 0 Å². The van der Waals surface area contributed by atoms with Gasteiger partial charge in [-0.3, -0.25) is 19.7 Å². The third-order valence-electron chi connectivity index (χ3n) is 7.14. The van der Waals surface area contributed by atoms with Crippen LogP contribution >= 0.6 is 11.3 Å². The molecule has 1 unspecified atom stereocenters. The van der Waals surface area contributed by atoms with E-state index in [0.29, 0.717) is 16.6 Å². The van der Waals surface area contributed by atoms with E-state index in [-0.39, 0.29) is 30.3 Å². The highest BCUT2D eigenvalue weighted by Gasteiger charge is 2.62. The van der Waals surface area contributed by atoms with E-state index in [4.69, 9.17) is 9.26 Å². The maximum absolute atomic E-state index is 16.1. The number of piperidine rings is 1. The number of nitrogens with zero attached hydrogens (tertiary/aromatic N) is 3. The Balaban J connectivity index is 1.61. The van der Waals surface area contributed by atoms with Crippen LogP contribution in [0, 0.1) is 18.2 Å². The highest BCUT2D eigenvalue weighted by atomic mass is 32.1. The van der Waals surface area contributed by atoms with Crippen molar-refractivity contribution in [3.05, 3.63) is 28.7 Å². The fourth-order valence-corrected chi connectivity index (χ4v) is 6.64. The molecular formula is C23H21FN4O5S. The average molecular weight is 485 g/mol. The summed E-state index contributed by atoms with van der Waals surface area (Å²) in [6.45, 7) is 5.73. The van der Waals surface area contributed by atoms with Crippen LogP contribution in [0.5, 0.6) is 0 Å². The van der Waals surface area contributed by atoms with Crippen LogP contribution < -0.4 is 10.2 Å². The number of halogens is 1. The van der Waals surface area contributed by atoms with Crippen LogP contribution in [0.3, 0.4) is 0 Å². The molecular weight excluding hydrogens is 463 g/mol. The van der Waals surface area contributed by atoms with Crippen LogP contribution in [-0.4, -0.2) is 52.5 Å². The molecule has 5 heterocycles. The number of imide groups is 1. The largest absolute Gasteiger partial charge is 0.372 e. The number of rotatable bonds is 1. The van der Waals surface area contributed by atoms with Gasteiger partial charge in [0.2, 0.25) is 17.4 Å². The Labute approximate surface area is 197 Å². The number of amides is 2. The number of aromatic nitrogens is 2. The molecule has 1 N–H and O–H groups in total. The Bertz CT molecular complexity index is 1380. The number of morpholine rings is 1. The number of anilines is 1. The number of nitrogens with one attached hydrogen (secondary N) is 1. The third-order valence-corrected chi connectivity index (χ3v) is 8.07. The first-order valence-corrected chi connectivity index (χ1v) is 11.9. The molecule has 0 bridgehead atoms. The normalized spacial score (nSPS) is 28.9. The van der Waals surface area contributed by atoms with Crippen molar-refractivity contribution < 1.29 is 28.0 Å². The number of ether oxygens (including phenoxy) is 1. The van der Waals surface area contributed by atoms with E-state index in [1.807, 2.05) is 13.8 Å². The molecule has 3 aliphatic rings. The summed E-state index contributed by atoms with van der Waals surface area (Å²) in [4.78, 5) is 45.4. The van der Waals surface area contributed by atoms with Gasteiger partial charge in [0.05, 0.1) is 51.8 Å². The first kappa shape index (κ1) is 21.4. The van der Waals surface area contributed by atoms with Gasteiger partial charge < -0.3 is 14.2 Å². The first-order valence-electron chi connectivity index (χ1n) is 11.0. The number of ketones is 1. The van der Waals surface area contributed by atoms with E-state index in [2.05, 4.69) is 15.5 Å². The summed E-state index contributed by atoms with van der Waals surface area (Å²) in [5, 5.41) is 6.92. The van der Waals surface area contributed by atoms with Gasteiger partial charge in [-0.05, 0) is 38.8 Å². The lowest BCUT2D eigenvalue weighted by molar-refractivity contribution is -0.158. The molecule has 9 nitrogen and oxygen atoms in total. The Morgan fingerprint density at radius 2 is 2.09 bits per heavy atom.